The number of nitrogens with one attached hydrogen (secondary N) is 1. The minimum atomic E-state index is -0.992. The van der Waals surface area contributed by atoms with Gasteiger partial charge in [-0.15, -0.1) is 0 Å². The van der Waals surface area contributed by atoms with Gasteiger partial charge in [-0.25, -0.2) is 13.6 Å². The van der Waals surface area contributed by atoms with Crippen molar-refractivity contribution in [3.63, 3.8) is 0 Å². The number of halogens is 2. The van der Waals surface area contributed by atoms with Crippen molar-refractivity contribution in [3.05, 3.63) is 71.6 Å². The number of thioether (sulfide) groups is 1. The van der Waals surface area contributed by atoms with Crippen LogP contribution < -0.4 is 10.2 Å². The van der Waals surface area contributed by atoms with Gasteiger partial charge in [-0.2, -0.15) is 4.99 Å². The Labute approximate surface area is 176 Å². The summed E-state index contributed by atoms with van der Waals surface area (Å²) in [5, 5.41) is 4.23. The number of carbonyl (C=O) groups is 2. The molecule has 0 bridgehead atoms. The van der Waals surface area contributed by atoms with Crippen LogP contribution >= 0.6 is 11.8 Å². The summed E-state index contributed by atoms with van der Waals surface area (Å²) in [7, 11) is 0. The number of aliphatic imine (C=N–C) groups is 1. The smallest absolute Gasteiger partial charge is 0.288 e. The van der Waals surface area contributed by atoms with E-state index in [1.807, 2.05) is 24.3 Å². The van der Waals surface area contributed by atoms with E-state index in [-0.39, 0.29) is 17.3 Å². The predicted octanol–water partition coefficient (Wildman–Crippen LogP) is 4.41. The van der Waals surface area contributed by atoms with E-state index in [4.69, 9.17) is 0 Å². The van der Waals surface area contributed by atoms with Crippen molar-refractivity contribution in [1.82, 2.24) is 10.3 Å². The normalized spacial score (nSPS) is 11.4. The minimum absolute atomic E-state index is 0.0533. The number of nitrogens with zero attached hydrogens (tertiary/aromatic N) is 3. The molecule has 0 spiro atoms. The Morgan fingerprint density at radius 1 is 1.27 bits per heavy atom. The number of hydrogen-bond donors (Lipinski definition) is 1. The average Bonchev–Trinajstić information content (AvgIpc) is 2.75. The van der Waals surface area contributed by atoms with E-state index < -0.39 is 17.7 Å². The van der Waals surface area contributed by atoms with Crippen LogP contribution in [0.4, 0.5) is 19.3 Å². The monoisotopic (exact) mass is 428 g/mol. The van der Waals surface area contributed by atoms with E-state index in [1.54, 1.807) is 12.5 Å². The second kappa shape index (κ2) is 9.45. The number of fused-ring (bicyclic) bond motifs is 1. The van der Waals surface area contributed by atoms with Crippen molar-refractivity contribution in [2.45, 2.75) is 13.5 Å². The first-order valence-corrected chi connectivity index (χ1v) is 10.1. The highest BCUT2D eigenvalue weighted by molar-refractivity contribution is 8.13. The number of aryl methyl sites for hydroxylation is 1. The Morgan fingerprint density at radius 3 is 2.73 bits per heavy atom. The first-order valence-electron chi connectivity index (χ1n) is 8.85. The van der Waals surface area contributed by atoms with Crippen LogP contribution in [0.3, 0.4) is 0 Å². The van der Waals surface area contributed by atoms with Crippen LogP contribution in [0.2, 0.25) is 0 Å². The van der Waals surface area contributed by atoms with E-state index in [9.17, 15) is 18.4 Å². The summed E-state index contributed by atoms with van der Waals surface area (Å²) in [6.45, 7) is 1.40. The zero-order valence-corrected chi connectivity index (χ0v) is 17.0. The van der Waals surface area contributed by atoms with Crippen LogP contribution in [-0.2, 0) is 11.3 Å². The number of amides is 3. The Bertz CT molecular complexity index is 1110. The van der Waals surface area contributed by atoms with Crippen LogP contribution in [0, 0.1) is 18.6 Å². The summed E-state index contributed by atoms with van der Waals surface area (Å²) in [6.07, 6.45) is 5.17. The summed E-state index contributed by atoms with van der Waals surface area (Å²) in [5.74, 6) is -1.92. The summed E-state index contributed by atoms with van der Waals surface area (Å²) in [6, 6.07) is 9.29. The van der Waals surface area contributed by atoms with Gasteiger partial charge in [-0.3, -0.25) is 20.0 Å². The lowest BCUT2D eigenvalue weighted by Gasteiger charge is -2.24. The molecule has 0 saturated heterocycles. The van der Waals surface area contributed by atoms with Crippen molar-refractivity contribution < 1.29 is 18.4 Å². The second-order valence-corrected chi connectivity index (χ2v) is 7.14. The highest BCUT2D eigenvalue weighted by atomic mass is 32.2. The summed E-state index contributed by atoms with van der Waals surface area (Å²) in [4.78, 5) is 32.9. The largest absolute Gasteiger partial charge is 0.328 e. The number of amidine groups is 1. The highest BCUT2D eigenvalue weighted by Gasteiger charge is 2.21. The average molecular weight is 428 g/mol. The molecule has 154 valence electrons. The van der Waals surface area contributed by atoms with Crippen LogP contribution in [-0.4, -0.2) is 28.8 Å². The van der Waals surface area contributed by atoms with E-state index in [2.05, 4.69) is 15.3 Å². The van der Waals surface area contributed by atoms with Crippen molar-refractivity contribution in [3.8, 4) is 0 Å². The lowest BCUT2D eigenvalue weighted by Crippen LogP contribution is -2.42. The molecule has 9 heteroatoms. The Morgan fingerprint density at radius 2 is 2.03 bits per heavy atom. The molecule has 0 atom stereocenters. The van der Waals surface area contributed by atoms with E-state index in [1.165, 1.54) is 24.1 Å². The zero-order chi connectivity index (χ0) is 21.7. The number of urea groups is 1. The maximum absolute atomic E-state index is 13.9. The molecule has 0 saturated carbocycles. The predicted molar refractivity (Wildman–Crippen MR) is 115 cm³/mol. The van der Waals surface area contributed by atoms with Gasteiger partial charge < -0.3 is 0 Å². The van der Waals surface area contributed by atoms with Gasteiger partial charge in [-0.05, 0) is 30.4 Å². The molecule has 1 aromatic heterocycles. The maximum atomic E-state index is 13.9. The molecule has 0 aliphatic carbocycles. The first-order chi connectivity index (χ1) is 14.4. The molecule has 1 heterocycles. The van der Waals surface area contributed by atoms with E-state index in [0.717, 1.165) is 28.6 Å². The van der Waals surface area contributed by atoms with E-state index in [0.29, 0.717) is 17.7 Å². The van der Waals surface area contributed by atoms with Crippen LogP contribution in [0.1, 0.15) is 11.1 Å². The molecule has 30 heavy (non-hydrogen) atoms. The molecule has 0 aliphatic heterocycles. The third kappa shape index (κ3) is 4.62. The van der Waals surface area contributed by atoms with Crippen LogP contribution in [0.15, 0.2) is 53.8 Å². The number of anilines is 1. The molecular weight excluding hydrogens is 410 g/mol. The molecular formula is C21H18F2N4O2S. The van der Waals surface area contributed by atoms with Gasteiger partial charge in [0.15, 0.2) is 16.8 Å². The standard InChI is InChI=1S/C21H18F2N4O2S/c1-13-7-14(8-17(22)19(13)23)11-27(21(29)26-20(30-2)25-12-28)18-10-24-9-15-5-3-4-6-16(15)18/h3-10,12H,11H2,1-2H3,(H,25,26,28,29). The molecule has 6 nitrogen and oxygen atoms in total. The number of aromatic nitrogens is 1. The summed E-state index contributed by atoms with van der Waals surface area (Å²) >= 11 is 1.09. The fourth-order valence-corrected chi connectivity index (χ4v) is 3.33. The van der Waals surface area contributed by atoms with Crippen LogP contribution in [0.25, 0.3) is 10.8 Å². The lowest BCUT2D eigenvalue weighted by atomic mass is 10.1. The Hall–Kier alpha value is -3.33. The van der Waals surface area contributed by atoms with Crippen molar-refractivity contribution >= 4 is 45.8 Å². The molecule has 2 aromatic carbocycles. The first kappa shape index (κ1) is 21.4. The number of carbonyl (C=O) groups excluding carboxylic acids is 2. The van der Waals surface area contributed by atoms with E-state index >= 15 is 0 Å². The Kier molecular flexibility index (Phi) is 6.73. The topological polar surface area (TPSA) is 74.7 Å². The van der Waals surface area contributed by atoms with Gasteiger partial charge in [0.05, 0.1) is 18.4 Å². The highest BCUT2D eigenvalue weighted by Crippen LogP contribution is 2.28. The second-order valence-electron chi connectivity index (χ2n) is 6.35. The van der Waals surface area contributed by atoms with Gasteiger partial charge in [0.1, 0.15) is 0 Å². The quantitative estimate of drug-likeness (QED) is 0.379. The fourth-order valence-electron chi connectivity index (χ4n) is 3.00. The fraction of sp³-hybridized carbons (Fsp3) is 0.143. The number of hydrogen-bond acceptors (Lipinski definition) is 4. The number of rotatable bonds is 4. The SMILES string of the molecule is CSC(=NC=O)NC(=O)N(Cc1cc(C)c(F)c(F)c1)c1cncc2ccccc12. The minimum Gasteiger partial charge on any atom is -0.288 e. The molecule has 3 amide bonds. The van der Waals surface area contributed by atoms with Crippen molar-refractivity contribution in [2.24, 2.45) is 4.99 Å². The third-order valence-electron chi connectivity index (χ3n) is 4.37. The van der Waals surface area contributed by atoms with Crippen molar-refractivity contribution in [1.29, 1.82) is 0 Å². The van der Waals surface area contributed by atoms with Gasteiger partial charge in [-0.1, -0.05) is 42.1 Å². The third-order valence-corrected chi connectivity index (χ3v) is 4.97. The van der Waals surface area contributed by atoms with Gasteiger partial charge >= 0.3 is 6.03 Å². The Balaban J connectivity index is 2.07. The molecule has 1 N–H and O–H groups in total. The summed E-state index contributed by atoms with van der Waals surface area (Å²) < 4.78 is 27.7. The zero-order valence-electron chi connectivity index (χ0n) is 16.2. The maximum Gasteiger partial charge on any atom is 0.328 e. The lowest BCUT2D eigenvalue weighted by molar-refractivity contribution is -0.106. The molecule has 0 aliphatic rings. The molecule has 0 radical (unpaired) electrons. The van der Waals surface area contributed by atoms with Gasteiger partial charge in [0.25, 0.3) is 0 Å². The number of pyridine rings is 1. The molecule has 3 aromatic rings. The molecule has 0 fully saturated rings. The van der Waals surface area contributed by atoms with Crippen LogP contribution in [0.5, 0.6) is 0 Å². The summed E-state index contributed by atoms with van der Waals surface area (Å²) in [5.41, 5.74) is 1.00. The van der Waals surface area contributed by atoms with Gasteiger partial charge in [0.2, 0.25) is 6.41 Å². The molecule has 0 unspecified atom stereocenters. The molecule has 3 rings (SSSR count). The van der Waals surface area contributed by atoms with Crippen molar-refractivity contribution in [2.75, 3.05) is 11.2 Å². The van der Waals surface area contributed by atoms with Gasteiger partial charge in [0, 0.05) is 17.0 Å². The number of benzene rings is 2.